The number of allylic oxidation sites excluding steroid dienone is 4. The molecule has 166 valence electrons. The summed E-state index contributed by atoms with van der Waals surface area (Å²) in [5, 5.41) is 25.6. The van der Waals surface area contributed by atoms with Crippen LogP contribution in [-0.2, 0) is 21.7 Å². The molecular formula is C22H50O3Ti-6. The van der Waals surface area contributed by atoms with Crippen molar-refractivity contribution in [3.8, 4) is 0 Å². The maximum atomic E-state index is 8.52. The van der Waals surface area contributed by atoms with Crippen LogP contribution in [0.2, 0.25) is 0 Å². The average Bonchev–Trinajstić information content (AvgIpc) is 2.45. The van der Waals surface area contributed by atoms with E-state index in [0.29, 0.717) is 0 Å². The summed E-state index contributed by atoms with van der Waals surface area (Å²) in [6.45, 7) is 15.7. The fourth-order valence-electron chi connectivity index (χ4n) is 0.340. The van der Waals surface area contributed by atoms with Gasteiger partial charge in [0.15, 0.2) is 0 Å². The second-order valence-electron chi connectivity index (χ2n) is 7.52. The third-order valence-electron chi connectivity index (χ3n) is 0.586. The summed E-state index contributed by atoms with van der Waals surface area (Å²) in [6, 6.07) is 0. The summed E-state index contributed by atoms with van der Waals surface area (Å²) in [5.74, 6) is 0. The van der Waals surface area contributed by atoms with Crippen molar-refractivity contribution in [1.82, 2.24) is 0 Å². The second kappa shape index (κ2) is 27.3. The van der Waals surface area contributed by atoms with Gasteiger partial charge in [0, 0.05) is 21.7 Å². The molecule has 0 saturated heterocycles. The van der Waals surface area contributed by atoms with E-state index in [1.165, 1.54) is 0 Å². The minimum Gasteiger partial charge on any atom is -0.391 e. The summed E-state index contributed by atoms with van der Waals surface area (Å²) in [4.78, 5) is 0. The largest absolute Gasteiger partial charge is 0.391 e. The van der Waals surface area contributed by atoms with Crippen LogP contribution in [0.1, 0.15) is 68.7 Å². The molecule has 3 N–H and O–H groups in total. The molecule has 1 aliphatic rings. The molecule has 1 aliphatic carbocycles. The van der Waals surface area contributed by atoms with Crippen LogP contribution >= 0.6 is 0 Å². The van der Waals surface area contributed by atoms with Crippen molar-refractivity contribution in [2.75, 3.05) is 0 Å². The predicted molar refractivity (Wildman–Crippen MR) is 120 cm³/mol. The van der Waals surface area contributed by atoms with Crippen molar-refractivity contribution in [2.45, 2.75) is 85.5 Å². The molecule has 0 unspecified atom stereocenters. The molecule has 4 heteroatoms. The van der Waals surface area contributed by atoms with Crippen molar-refractivity contribution < 1.29 is 37.0 Å². The number of hydrogen-bond acceptors (Lipinski definition) is 3. The van der Waals surface area contributed by atoms with Crippen LogP contribution in [0.5, 0.6) is 0 Å². The Kier molecular flexibility index (Phi) is 59.0. The van der Waals surface area contributed by atoms with Gasteiger partial charge in [-0.2, -0.15) is 6.08 Å². The Bertz CT molecular complexity index is 208. The first-order valence-corrected chi connectivity index (χ1v) is 6.89. The van der Waals surface area contributed by atoms with E-state index < -0.39 is 16.8 Å². The number of rotatable bonds is 0. The first-order valence-electron chi connectivity index (χ1n) is 6.89. The molecule has 0 saturated carbocycles. The van der Waals surface area contributed by atoms with Gasteiger partial charge < -0.3 is 52.5 Å². The van der Waals surface area contributed by atoms with Gasteiger partial charge >= 0.3 is 0 Å². The Balaban J connectivity index is -0.0000000197. The average molecular weight is 411 g/mol. The SMILES string of the molecule is CC(C)(C)O.CC(C)(C)O.CC(C)(C)O.[C-]1=CC=CC1.[CH3-].[CH3-].[CH3-].[CH3-].[CH3-].[Ti]. The normalized spacial score (nSPS) is 10.3. The minimum absolute atomic E-state index is 0. The van der Waals surface area contributed by atoms with Gasteiger partial charge in [-0.1, -0.05) is 0 Å². The molecule has 0 aromatic rings. The maximum Gasteiger partial charge on any atom is 0.0563 e. The fourth-order valence-corrected chi connectivity index (χ4v) is 0.340. The van der Waals surface area contributed by atoms with Gasteiger partial charge in [0.25, 0.3) is 0 Å². The molecule has 26 heavy (non-hydrogen) atoms. The van der Waals surface area contributed by atoms with Gasteiger partial charge in [0.1, 0.15) is 0 Å². The van der Waals surface area contributed by atoms with Crippen LogP contribution in [0, 0.1) is 43.2 Å². The molecule has 0 heterocycles. The molecule has 0 aromatic heterocycles. The van der Waals surface area contributed by atoms with Gasteiger partial charge in [0.05, 0.1) is 16.8 Å². The Hall–Kier alpha value is 0.0743. The van der Waals surface area contributed by atoms with E-state index in [2.05, 4.69) is 12.2 Å². The van der Waals surface area contributed by atoms with Crippen molar-refractivity contribution in [3.05, 3.63) is 61.4 Å². The molecular weight excluding hydrogens is 360 g/mol. The van der Waals surface area contributed by atoms with Crippen molar-refractivity contribution >= 4 is 0 Å². The minimum atomic E-state index is -0.500. The van der Waals surface area contributed by atoms with Crippen LogP contribution in [-0.4, -0.2) is 32.1 Å². The van der Waals surface area contributed by atoms with Crippen LogP contribution in [0.3, 0.4) is 0 Å². The summed E-state index contributed by atoms with van der Waals surface area (Å²) in [6.07, 6.45) is 10.0. The smallest absolute Gasteiger partial charge is 0.0563 e. The van der Waals surface area contributed by atoms with E-state index in [1.54, 1.807) is 62.3 Å². The zero-order valence-corrected chi connectivity index (χ0v) is 21.8. The molecule has 0 fully saturated rings. The zero-order chi connectivity index (χ0) is 17.0. The Morgan fingerprint density at radius 1 is 0.615 bits per heavy atom. The molecule has 0 radical (unpaired) electrons. The summed E-state index contributed by atoms with van der Waals surface area (Å²) >= 11 is 0. The maximum absolute atomic E-state index is 8.52. The first-order chi connectivity index (χ1) is 8.50. The third kappa shape index (κ3) is 498. The first kappa shape index (κ1) is 56.2. The molecule has 0 aromatic carbocycles. The van der Waals surface area contributed by atoms with Crippen molar-refractivity contribution in [3.63, 3.8) is 0 Å². The molecule has 0 bridgehead atoms. The van der Waals surface area contributed by atoms with Crippen LogP contribution < -0.4 is 0 Å². The standard InChI is InChI=1S/C5H5.3C4H10O.5CH3.Ti/c1-2-4-5-3-1;3*1-4(2,3)5;;;;;;/h1-3H,4H2;3*5H,1-3H3;5*1H3;/q-1;;;;5*-1;. The quantitative estimate of drug-likeness (QED) is 0.345. The molecule has 3 nitrogen and oxygen atoms in total. The van der Waals surface area contributed by atoms with Crippen molar-refractivity contribution in [2.24, 2.45) is 0 Å². The molecule has 0 spiro atoms. The summed E-state index contributed by atoms with van der Waals surface area (Å²) in [5.41, 5.74) is -1.50. The zero-order valence-electron chi connectivity index (χ0n) is 20.3. The van der Waals surface area contributed by atoms with Gasteiger partial charge in [-0.05, 0) is 62.3 Å². The Morgan fingerprint density at radius 3 is 0.846 bits per heavy atom. The van der Waals surface area contributed by atoms with Crippen molar-refractivity contribution in [1.29, 1.82) is 0 Å². The number of aliphatic hydroxyl groups is 3. The van der Waals surface area contributed by atoms with Gasteiger partial charge in [-0.3, -0.25) is 6.08 Å². The van der Waals surface area contributed by atoms with Gasteiger partial charge in [0.2, 0.25) is 0 Å². The van der Waals surface area contributed by atoms with E-state index >= 15 is 0 Å². The Morgan fingerprint density at radius 2 is 0.808 bits per heavy atom. The summed E-state index contributed by atoms with van der Waals surface area (Å²) in [7, 11) is 0. The molecule has 1 rings (SSSR count). The van der Waals surface area contributed by atoms with E-state index in [4.69, 9.17) is 15.3 Å². The van der Waals surface area contributed by atoms with E-state index in [0.717, 1.165) is 6.42 Å². The molecule has 0 atom stereocenters. The van der Waals surface area contributed by atoms with Crippen LogP contribution in [0.15, 0.2) is 18.2 Å². The van der Waals surface area contributed by atoms with E-state index in [-0.39, 0.29) is 58.9 Å². The number of hydrogen-bond donors (Lipinski definition) is 3. The van der Waals surface area contributed by atoms with E-state index in [1.807, 2.05) is 12.2 Å². The van der Waals surface area contributed by atoms with Crippen LogP contribution in [0.25, 0.3) is 0 Å². The summed E-state index contributed by atoms with van der Waals surface area (Å²) < 4.78 is 0. The van der Waals surface area contributed by atoms with E-state index in [9.17, 15) is 0 Å². The predicted octanol–water partition coefficient (Wildman–Crippen LogP) is 5.89. The van der Waals surface area contributed by atoms with Gasteiger partial charge in [-0.25, -0.2) is 12.2 Å². The Labute approximate surface area is 183 Å². The monoisotopic (exact) mass is 410 g/mol. The molecule has 0 aliphatic heterocycles. The third-order valence-corrected chi connectivity index (χ3v) is 0.586. The topological polar surface area (TPSA) is 60.7 Å². The van der Waals surface area contributed by atoms with Gasteiger partial charge in [-0.15, -0.1) is 6.42 Å². The van der Waals surface area contributed by atoms with Crippen LogP contribution in [0.4, 0.5) is 0 Å². The molecule has 0 amide bonds. The fraction of sp³-hybridized carbons (Fsp3) is 0.591. The second-order valence-corrected chi connectivity index (χ2v) is 7.52.